The summed E-state index contributed by atoms with van der Waals surface area (Å²) in [4.78, 5) is 26.9. The van der Waals surface area contributed by atoms with Gasteiger partial charge in [-0.25, -0.2) is 0 Å². The Hall–Kier alpha value is -2.11. The first kappa shape index (κ1) is 11.4. The third-order valence-corrected chi connectivity index (χ3v) is 2.63. The maximum absolute atomic E-state index is 11.9. The molecule has 0 aliphatic carbocycles. The molecule has 4 N–H and O–H groups in total. The van der Waals surface area contributed by atoms with Gasteiger partial charge in [0.2, 0.25) is 5.91 Å². The van der Waals surface area contributed by atoms with E-state index in [0.717, 1.165) is 5.69 Å². The number of nitrogens with two attached hydrogens (primary N) is 1. The second kappa shape index (κ2) is 4.40. The molecule has 0 radical (unpaired) electrons. The van der Waals surface area contributed by atoms with E-state index < -0.39 is 0 Å². The van der Waals surface area contributed by atoms with Gasteiger partial charge in [-0.05, 0) is 13.0 Å². The summed E-state index contributed by atoms with van der Waals surface area (Å²) in [5, 5.41) is 5.39. The lowest BCUT2D eigenvalue weighted by Gasteiger charge is -2.11. The molecule has 1 aliphatic rings. The Kier molecular flexibility index (Phi) is 2.95. The fraction of sp³-hybridized carbons (Fsp3) is 0.364. The van der Waals surface area contributed by atoms with Crippen LogP contribution in [0.25, 0.3) is 0 Å². The molecule has 1 aromatic rings. The zero-order valence-electron chi connectivity index (χ0n) is 9.49. The third-order valence-electron chi connectivity index (χ3n) is 2.63. The fourth-order valence-corrected chi connectivity index (χ4v) is 1.74. The van der Waals surface area contributed by atoms with Crippen LogP contribution in [0.1, 0.15) is 22.5 Å². The average molecular weight is 234 g/mol. The van der Waals surface area contributed by atoms with E-state index in [-0.39, 0.29) is 17.9 Å². The summed E-state index contributed by atoms with van der Waals surface area (Å²) in [5.41, 5.74) is 7.24. The first-order valence-corrected chi connectivity index (χ1v) is 5.36. The highest BCUT2D eigenvalue weighted by Crippen LogP contribution is 2.12. The molecule has 1 aliphatic heterocycles. The third kappa shape index (κ3) is 2.52. The van der Waals surface area contributed by atoms with Crippen molar-refractivity contribution >= 4 is 17.5 Å². The summed E-state index contributed by atoms with van der Waals surface area (Å²) in [6, 6.07) is 1.48. The number of hydrogen-bond acceptors (Lipinski definition) is 4. The predicted molar refractivity (Wildman–Crippen MR) is 62.3 cm³/mol. The van der Waals surface area contributed by atoms with Crippen LogP contribution in [0.15, 0.2) is 12.3 Å². The van der Waals surface area contributed by atoms with E-state index in [1.807, 2.05) is 0 Å². The van der Waals surface area contributed by atoms with Crippen LogP contribution in [0.3, 0.4) is 0 Å². The molecule has 1 aromatic heterocycles. The maximum atomic E-state index is 11.9. The summed E-state index contributed by atoms with van der Waals surface area (Å²) in [7, 11) is 0. The normalized spacial score (nSPS) is 18.9. The van der Waals surface area contributed by atoms with Gasteiger partial charge in [0.15, 0.2) is 0 Å². The van der Waals surface area contributed by atoms with Crippen LogP contribution in [0.4, 0.5) is 5.69 Å². The number of rotatable bonds is 2. The van der Waals surface area contributed by atoms with Gasteiger partial charge in [0.1, 0.15) is 0 Å². The molecule has 0 saturated carbocycles. The number of hydrogen-bond donors (Lipinski definition) is 3. The molecule has 1 atom stereocenters. The molecule has 6 heteroatoms. The molecule has 90 valence electrons. The number of carbonyl (C=O) groups is 2. The maximum Gasteiger partial charge on any atom is 0.255 e. The number of nitrogen functional groups attached to an aromatic ring is 1. The van der Waals surface area contributed by atoms with Crippen molar-refractivity contribution < 1.29 is 9.59 Å². The smallest absolute Gasteiger partial charge is 0.255 e. The van der Waals surface area contributed by atoms with Crippen LogP contribution in [0.2, 0.25) is 0 Å². The minimum absolute atomic E-state index is 0.0506. The molecule has 0 spiro atoms. The van der Waals surface area contributed by atoms with Gasteiger partial charge >= 0.3 is 0 Å². The second-order valence-corrected chi connectivity index (χ2v) is 4.09. The van der Waals surface area contributed by atoms with Gasteiger partial charge in [-0.1, -0.05) is 0 Å². The zero-order chi connectivity index (χ0) is 12.4. The van der Waals surface area contributed by atoms with Crippen molar-refractivity contribution in [3.63, 3.8) is 0 Å². The van der Waals surface area contributed by atoms with Crippen molar-refractivity contribution in [2.75, 3.05) is 12.3 Å². The molecule has 0 bridgehead atoms. The Morgan fingerprint density at radius 3 is 3.00 bits per heavy atom. The Bertz CT molecular complexity index is 473. The number of amides is 2. The molecule has 2 rings (SSSR count). The van der Waals surface area contributed by atoms with Gasteiger partial charge in [0.25, 0.3) is 5.91 Å². The van der Waals surface area contributed by atoms with Gasteiger partial charge < -0.3 is 16.4 Å². The number of aromatic nitrogens is 1. The number of nitrogens with zero attached hydrogens (tertiary/aromatic N) is 1. The molecule has 1 fully saturated rings. The Labute approximate surface area is 98.6 Å². The van der Waals surface area contributed by atoms with E-state index in [1.165, 1.54) is 6.20 Å². The average Bonchev–Trinajstić information content (AvgIpc) is 2.63. The van der Waals surface area contributed by atoms with E-state index in [4.69, 9.17) is 5.73 Å². The summed E-state index contributed by atoms with van der Waals surface area (Å²) in [5.74, 6) is -0.346. The van der Waals surface area contributed by atoms with Gasteiger partial charge in [-0.2, -0.15) is 0 Å². The van der Waals surface area contributed by atoms with Gasteiger partial charge in [-0.3, -0.25) is 14.6 Å². The number of anilines is 1. The molecule has 1 unspecified atom stereocenters. The largest absolute Gasteiger partial charge is 0.398 e. The van der Waals surface area contributed by atoms with Crippen molar-refractivity contribution in [2.45, 2.75) is 19.4 Å². The Morgan fingerprint density at radius 2 is 2.41 bits per heavy atom. The fourth-order valence-electron chi connectivity index (χ4n) is 1.74. The lowest BCUT2D eigenvalue weighted by molar-refractivity contribution is -0.119. The first-order valence-electron chi connectivity index (χ1n) is 5.36. The minimum atomic E-state index is -0.295. The number of nitrogens with one attached hydrogen (secondary N) is 2. The zero-order valence-corrected chi connectivity index (χ0v) is 9.49. The van der Waals surface area contributed by atoms with Crippen LogP contribution < -0.4 is 16.4 Å². The van der Waals surface area contributed by atoms with Crippen molar-refractivity contribution in [2.24, 2.45) is 0 Å². The van der Waals surface area contributed by atoms with E-state index in [0.29, 0.717) is 24.2 Å². The standard InChI is InChI=1S/C11H14N4O2/c1-6-2-9(12)8(5-13-6)11(17)15-7-3-10(16)14-4-7/h2,5,7H,3-4H2,1H3,(H2,12,13)(H,14,16)(H,15,17). The highest BCUT2D eigenvalue weighted by atomic mass is 16.2. The molecule has 17 heavy (non-hydrogen) atoms. The van der Waals surface area contributed by atoms with E-state index in [2.05, 4.69) is 15.6 Å². The van der Waals surface area contributed by atoms with Gasteiger partial charge in [-0.15, -0.1) is 0 Å². The van der Waals surface area contributed by atoms with Crippen molar-refractivity contribution in [3.05, 3.63) is 23.5 Å². The summed E-state index contributed by atoms with van der Waals surface area (Å²) >= 11 is 0. The molecular formula is C11H14N4O2. The van der Waals surface area contributed by atoms with Crippen molar-refractivity contribution in [3.8, 4) is 0 Å². The summed E-state index contributed by atoms with van der Waals surface area (Å²) < 4.78 is 0. The lowest BCUT2D eigenvalue weighted by Crippen LogP contribution is -2.36. The molecule has 2 heterocycles. The number of carbonyl (C=O) groups excluding carboxylic acids is 2. The van der Waals surface area contributed by atoms with E-state index in [1.54, 1.807) is 13.0 Å². The quantitative estimate of drug-likeness (QED) is 0.648. The predicted octanol–water partition coefficient (Wildman–Crippen LogP) is -0.409. The number of aryl methyl sites for hydroxylation is 1. The highest BCUT2D eigenvalue weighted by Gasteiger charge is 2.24. The van der Waals surface area contributed by atoms with Crippen LogP contribution in [-0.2, 0) is 4.79 Å². The Balaban J connectivity index is 2.07. The van der Waals surface area contributed by atoms with Crippen LogP contribution in [0, 0.1) is 6.92 Å². The first-order chi connectivity index (χ1) is 8.06. The highest BCUT2D eigenvalue weighted by molar-refractivity contribution is 5.99. The van der Waals surface area contributed by atoms with Crippen molar-refractivity contribution in [1.29, 1.82) is 0 Å². The topological polar surface area (TPSA) is 97.1 Å². The lowest BCUT2D eigenvalue weighted by atomic mass is 10.2. The summed E-state index contributed by atoms with van der Waals surface area (Å²) in [6.07, 6.45) is 1.76. The SMILES string of the molecule is Cc1cc(N)c(C(=O)NC2CNC(=O)C2)cn1. The van der Waals surface area contributed by atoms with E-state index >= 15 is 0 Å². The molecular weight excluding hydrogens is 220 g/mol. The molecule has 2 amide bonds. The second-order valence-electron chi connectivity index (χ2n) is 4.09. The Morgan fingerprint density at radius 1 is 1.65 bits per heavy atom. The molecule has 1 saturated heterocycles. The van der Waals surface area contributed by atoms with Crippen LogP contribution in [-0.4, -0.2) is 29.4 Å². The minimum Gasteiger partial charge on any atom is -0.398 e. The van der Waals surface area contributed by atoms with Crippen molar-refractivity contribution in [1.82, 2.24) is 15.6 Å². The molecule has 0 aromatic carbocycles. The van der Waals surface area contributed by atoms with Gasteiger partial charge in [0, 0.05) is 30.5 Å². The van der Waals surface area contributed by atoms with Crippen LogP contribution >= 0.6 is 0 Å². The monoisotopic (exact) mass is 234 g/mol. The van der Waals surface area contributed by atoms with Crippen LogP contribution in [0.5, 0.6) is 0 Å². The van der Waals surface area contributed by atoms with Gasteiger partial charge in [0.05, 0.1) is 11.6 Å². The molecule has 6 nitrogen and oxygen atoms in total. The van der Waals surface area contributed by atoms with E-state index in [9.17, 15) is 9.59 Å². The number of pyridine rings is 1. The summed E-state index contributed by atoms with van der Waals surface area (Å²) in [6.45, 7) is 2.27.